The molecule has 2 N–H and O–H groups in total. The summed E-state index contributed by atoms with van der Waals surface area (Å²) in [5, 5.41) is 6.96. The number of benzene rings is 2. The molecule has 1 aliphatic carbocycles. The summed E-state index contributed by atoms with van der Waals surface area (Å²) in [4.78, 5) is 0. The highest BCUT2D eigenvalue weighted by Gasteiger charge is 2.16. The fourth-order valence-electron chi connectivity index (χ4n) is 2.93. The maximum Gasteiger partial charge on any atom is 0.0379 e. The molecule has 2 heteroatoms. The van der Waals surface area contributed by atoms with Gasteiger partial charge in [0.1, 0.15) is 0 Å². The first-order valence-electron chi connectivity index (χ1n) is 8.18. The minimum atomic E-state index is 0.786. The lowest BCUT2D eigenvalue weighted by molar-refractivity contribution is 0.427. The minimum Gasteiger partial charge on any atom is -0.385 e. The number of para-hydroxylation sites is 2. The maximum absolute atomic E-state index is 3.55. The van der Waals surface area contributed by atoms with E-state index in [9.17, 15) is 0 Å². The summed E-state index contributed by atoms with van der Waals surface area (Å²) in [6.45, 7) is 1.09. The Hall–Kier alpha value is -2.22. The molecule has 114 valence electrons. The van der Waals surface area contributed by atoms with Crippen LogP contribution in [0.25, 0.3) is 0 Å². The number of hydrogen-bond donors (Lipinski definition) is 2. The van der Waals surface area contributed by atoms with E-state index in [4.69, 9.17) is 0 Å². The molecule has 0 unspecified atom stereocenters. The zero-order chi connectivity index (χ0) is 15.0. The first-order chi connectivity index (χ1) is 10.9. The van der Waals surface area contributed by atoms with Crippen molar-refractivity contribution in [3.05, 3.63) is 72.4 Å². The van der Waals surface area contributed by atoms with Crippen LogP contribution < -0.4 is 10.6 Å². The van der Waals surface area contributed by atoms with Crippen molar-refractivity contribution in [1.29, 1.82) is 0 Å². The summed E-state index contributed by atoms with van der Waals surface area (Å²) in [6.07, 6.45) is 7.18. The van der Waals surface area contributed by atoms with Gasteiger partial charge in [0.25, 0.3) is 0 Å². The molecule has 0 amide bonds. The van der Waals surface area contributed by atoms with E-state index in [1.807, 2.05) is 6.07 Å². The zero-order valence-electron chi connectivity index (χ0n) is 13.0. The van der Waals surface area contributed by atoms with Gasteiger partial charge in [-0.05, 0) is 55.9 Å². The molecule has 22 heavy (non-hydrogen) atoms. The van der Waals surface area contributed by atoms with Crippen molar-refractivity contribution in [3.8, 4) is 0 Å². The van der Waals surface area contributed by atoms with Crippen LogP contribution in [0.1, 0.15) is 25.7 Å². The van der Waals surface area contributed by atoms with Gasteiger partial charge in [0.15, 0.2) is 0 Å². The second-order valence-electron chi connectivity index (χ2n) is 6.00. The first-order valence-corrected chi connectivity index (χ1v) is 8.18. The largest absolute Gasteiger partial charge is 0.385 e. The molecule has 2 aromatic carbocycles. The highest BCUT2D eigenvalue weighted by atomic mass is 14.9. The summed E-state index contributed by atoms with van der Waals surface area (Å²) in [5.41, 5.74) is 3.94. The molecule has 0 aliphatic heterocycles. The molecule has 1 aliphatic rings. The van der Waals surface area contributed by atoms with Gasteiger partial charge in [-0.3, -0.25) is 0 Å². The third kappa shape index (κ3) is 4.39. The van der Waals surface area contributed by atoms with Gasteiger partial charge in [0.05, 0.1) is 0 Å². The fourth-order valence-corrected chi connectivity index (χ4v) is 2.93. The Kier molecular flexibility index (Phi) is 5.14. The molecule has 1 saturated carbocycles. The third-order valence-corrected chi connectivity index (χ3v) is 4.33. The van der Waals surface area contributed by atoms with Crippen LogP contribution in [0.2, 0.25) is 0 Å². The minimum absolute atomic E-state index is 0.786. The first kappa shape index (κ1) is 14.7. The Morgan fingerprint density at radius 3 is 2.05 bits per heavy atom. The Labute approximate surface area is 133 Å². The van der Waals surface area contributed by atoms with Crippen LogP contribution in [0.3, 0.4) is 0 Å². The molecule has 1 fully saturated rings. The van der Waals surface area contributed by atoms with Crippen LogP contribution in [0, 0.1) is 5.92 Å². The summed E-state index contributed by atoms with van der Waals surface area (Å²) >= 11 is 0. The zero-order valence-corrected chi connectivity index (χ0v) is 13.0. The number of rotatable bonds is 5. The predicted molar refractivity (Wildman–Crippen MR) is 95.0 cm³/mol. The van der Waals surface area contributed by atoms with Crippen LogP contribution in [-0.4, -0.2) is 6.54 Å². The van der Waals surface area contributed by atoms with Gasteiger partial charge < -0.3 is 10.6 Å². The standard InChI is InChI=1S/C20H24N2/c1-3-7-19(8-4-1)21-15-17-11-13-18(14-12-17)16-22-20-9-5-2-6-10-20/h1-10,15,18,21-22H,11-14,16H2. The molecule has 0 aromatic heterocycles. The van der Waals surface area contributed by atoms with E-state index in [-0.39, 0.29) is 0 Å². The SMILES string of the molecule is C(Nc1ccccc1)=C1CCC(CNc2ccccc2)CC1. The van der Waals surface area contributed by atoms with Crippen LogP contribution in [0.5, 0.6) is 0 Å². The molecule has 0 saturated heterocycles. The van der Waals surface area contributed by atoms with Gasteiger partial charge in [0, 0.05) is 24.1 Å². The Morgan fingerprint density at radius 2 is 1.41 bits per heavy atom. The number of hydrogen-bond acceptors (Lipinski definition) is 2. The van der Waals surface area contributed by atoms with Gasteiger partial charge >= 0.3 is 0 Å². The molecule has 0 bridgehead atoms. The number of nitrogens with one attached hydrogen (secondary N) is 2. The molecule has 0 radical (unpaired) electrons. The van der Waals surface area contributed by atoms with Crippen molar-refractivity contribution in [1.82, 2.24) is 0 Å². The smallest absolute Gasteiger partial charge is 0.0379 e. The highest BCUT2D eigenvalue weighted by molar-refractivity contribution is 5.45. The predicted octanol–water partition coefficient (Wildman–Crippen LogP) is 5.28. The van der Waals surface area contributed by atoms with Crippen LogP contribution in [0.4, 0.5) is 11.4 Å². The highest BCUT2D eigenvalue weighted by Crippen LogP contribution is 2.28. The normalized spacial score (nSPS) is 17.8. The monoisotopic (exact) mass is 292 g/mol. The number of allylic oxidation sites excluding steroid dienone is 1. The fraction of sp³-hybridized carbons (Fsp3) is 0.300. The Balaban J connectivity index is 1.42. The summed E-state index contributed by atoms with van der Waals surface area (Å²) in [6, 6.07) is 20.9. The van der Waals surface area contributed by atoms with Crippen LogP contribution in [-0.2, 0) is 0 Å². The van der Waals surface area contributed by atoms with Crippen molar-refractivity contribution >= 4 is 11.4 Å². The topological polar surface area (TPSA) is 24.1 Å². The Morgan fingerprint density at radius 1 is 0.818 bits per heavy atom. The van der Waals surface area contributed by atoms with Crippen molar-refractivity contribution in [3.63, 3.8) is 0 Å². The van der Waals surface area contributed by atoms with Crippen molar-refractivity contribution < 1.29 is 0 Å². The quantitative estimate of drug-likeness (QED) is 0.783. The van der Waals surface area contributed by atoms with E-state index >= 15 is 0 Å². The van der Waals surface area contributed by atoms with E-state index in [1.165, 1.54) is 37.1 Å². The molecule has 3 rings (SSSR count). The van der Waals surface area contributed by atoms with Gasteiger partial charge in [0.2, 0.25) is 0 Å². The van der Waals surface area contributed by atoms with E-state index in [0.29, 0.717) is 0 Å². The second kappa shape index (κ2) is 7.69. The van der Waals surface area contributed by atoms with Gasteiger partial charge in [-0.2, -0.15) is 0 Å². The third-order valence-electron chi connectivity index (χ3n) is 4.33. The van der Waals surface area contributed by atoms with E-state index in [2.05, 4.69) is 71.4 Å². The average molecular weight is 292 g/mol. The number of anilines is 2. The lowest BCUT2D eigenvalue weighted by atomic mass is 9.86. The van der Waals surface area contributed by atoms with E-state index in [1.54, 1.807) is 5.57 Å². The summed E-state index contributed by atoms with van der Waals surface area (Å²) in [7, 11) is 0. The Bertz CT molecular complexity index is 580. The van der Waals surface area contributed by atoms with Crippen LogP contribution in [0.15, 0.2) is 72.4 Å². The molecular weight excluding hydrogens is 268 g/mol. The lowest BCUT2D eigenvalue weighted by Gasteiger charge is -2.24. The maximum atomic E-state index is 3.55. The molecule has 0 spiro atoms. The van der Waals surface area contributed by atoms with E-state index in [0.717, 1.165) is 12.5 Å². The summed E-state index contributed by atoms with van der Waals surface area (Å²) in [5.74, 6) is 0.786. The molecule has 0 heterocycles. The molecular formula is C20H24N2. The van der Waals surface area contributed by atoms with E-state index < -0.39 is 0 Å². The van der Waals surface area contributed by atoms with Crippen molar-refractivity contribution in [2.24, 2.45) is 5.92 Å². The second-order valence-corrected chi connectivity index (χ2v) is 6.00. The van der Waals surface area contributed by atoms with Gasteiger partial charge in [-0.15, -0.1) is 0 Å². The lowest BCUT2D eigenvalue weighted by Crippen LogP contribution is -2.18. The molecule has 0 atom stereocenters. The van der Waals surface area contributed by atoms with Crippen molar-refractivity contribution in [2.45, 2.75) is 25.7 Å². The molecule has 2 nitrogen and oxygen atoms in total. The molecule has 2 aromatic rings. The van der Waals surface area contributed by atoms with Gasteiger partial charge in [-0.1, -0.05) is 42.0 Å². The summed E-state index contributed by atoms with van der Waals surface area (Å²) < 4.78 is 0. The van der Waals surface area contributed by atoms with Crippen molar-refractivity contribution in [2.75, 3.05) is 17.2 Å². The van der Waals surface area contributed by atoms with Crippen LogP contribution >= 0.6 is 0 Å². The van der Waals surface area contributed by atoms with Gasteiger partial charge in [-0.25, -0.2) is 0 Å². The average Bonchev–Trinajstić information content (AvgIpc) is 2.61.